The number of aliphatic carboxylic acids is 1. The first kappa shape index (κ1) is 12.9. The van der Waals surface area contributed by atoms with Gasteiger partial charge in [-0.2, -0.15) is 11.8 Å². The van der Waals surface area contributed by atoms with Crippen molar-refractivity contribution in [1.82, 2.24) is 0 Å². The molecule has 0 saturated heterocycles. The third-order valence-electron chi connectivity index (χ3n) is 3.29. The summed E-state index contributed by atoms with van der Waals surface area (Å²) in [6, 6.07) is 0. The van der Waals surface area contributed by atoms with Gasteiger partial charge in [0.15, 0.2) is 0 Å². The number of carboxylic acid groups (broad SMARTS) is 1. The molecule has 15 heavy (non-hydrogen) atoms. The maximum atomic E-state index is 11.0. The lowest BCUT2D eigenvalue weighted by atomic mass is 9.77. The number of carbonyl (C=O) groups is 1. The standard InChI is InChI=1S/C12H22O2S/c1-2-15-9-5-7-10-6-3-4-8-11(10)12(13)14/h10-11H,2-9H2,1H3,(H,13,14). The Balaban J connectivity index is 2.26. The molecule has 88 valence electrons. The predicted octanol–water partition coefficient (Wildman–Crippen LogP) is 3.41. The van der Waals surface area contributed by atoms with Gasteiger partial charge in [0.05, 0.1) is 5.92 Å². The van der Waals surface area contributed by atoms with Crippen LogP contribution in [0.5, 0.6) is 0 Å². The number of hydrogen-bond acceptors (Lipinski definition) is 2. The smallest absolute Gasteiger partial charge is 0.306 e. The Hall–Kier alpha value is -0.180. The minimum atomic E-state index is -0.567. The van der Waals surface area contributed by atoms with Crippen molar-refractivity contribution in [1.29, 1.82) is 0 Å². The van der Waals surface area contributed by atoms with Gasteiger partial charge < -0.3 is 5.11 Å². The zero-order chi connectivity index (χ0) is 11.1. The van der Waals surface area contributed by atoms with Crippen molar-refractivity contribution in [3.05, 3.63) is 0 Å². The minimum Gasteiger partial charge on any atom is -0.481 e. The fourth-order valence-corrected chi connectivity index (χ4v) is 3.13. The van der Waals surface area contributed by atoms with E-state index in [0.29, 0.717) is 5.92 Å². The topological polar surface area (TPSA) is 37.3 Å². The predicted molar refractivity (Wildman–Crippen MR) is 65.3 cm³/mol. The van der Waals surface area contributed by atoms with E-state index >= 15 is 0 Å². The van der Waals surface area contributed by atoms with Crippen LogP contribution in [0.4, 0.5) is 0 Å². The molecular formula is C12H22O2S. The molecule has 1 saturated carbocycles. The number of hydrogen-bond donors (Lipinski definition) is 1. The molecule has 0 aromatic rings. The SMILES string of the molecule is CCSCCCC1CCCCC1C(=O)O. The second-order valence-corrected chi connectivity index (χ2v) is 5.72. The second-order valence-electron chi connectivity index (χ2n) is 4.33. The summed E-state index contributed by atoms with van der Waals surface area (Å²) >= 11 is 1.96. The maximum Gasteiger partial charge on any atom is 0.306 e. The minimum absolute atomic E-state index is 0.0506. The second kappa shape index (κ2) is 7.15. The van der Waals surface area contributed by atoms with E-state index in [-0.39, 0.29) is 5.92 Å². The fraction of sp³-hybridized carbons (Fsp3) is 0.917. The van der Waals surface area contributed by atoms with E-state index < -0.39 is 5.97 Å². The number of thioether (sulfide) groups is 1. The van der Waals surface area contributed by atoms with Crippen LogP contribution in [0.15, 0.2) is 0 Å². The Morgan fingerprint density at radius 3 is 2.80 bits per heavy atom. The summed E-state index contributed by atoms with van der Waals surface area (Å²) in [5, 5.41) is 9.11. The first-order chi connectivity index (χ1) is 7.25. The van der Waals surface area contributed by atoms with E-state index in [0.717, 1.165) is 25.7 Å². The van der Waals surface area contributed by atoms with Crippen LogP contribution >= 0.6 is 11.8 Å². The van der Waals surface area contributed by atoms with Gasteiger partial charge >= 0.3 is 5.97 Å². The van der Waals surface area contributed by atoms with Crippen LogP contribution in [0.25, 0.3) is 0 Å². The first-order valence-electron chi connectivity index (χ1n) is 6.06. The van der Waals surface area contributed by atoms with Gasteiger partial charge in [-0.05, 0) is 43.1 Å². The highest BCUT2D eigenvalue weighted by atomic mass is 32.2. The van der Waals surface area contributed by atoms with Crippen LogP contribution < -0.4 is 0 Å². The highest BCUT2D eigenvalue weighted by Gasteiger charge is 2.29. The molecule has 2 unspecified atom stereocenters. The monoisotopic (exact) mass is 230 g/mol. The highest BCUT2D eigenvalue weighted by molar-refractivity contribution is 7.99. The Kier molecular flexibility index (Phi) is 6.15. The molecule has 2 nitrogen and oxygen atoms in total. The van der Waals surface area contributed by atoms with E-state index in [1.165, 1.54) is 24.3 Å². The molecule has 1 aliphatic carbocycles. The summed E-state index contributed by atoms with van der Waals surface area (Å²) < 4.78 is 0. The first-order valence-corrected chi connectivity index (χ1v) is 7.21. The molecule has 0 aliphatic heterocycles. The Labute approximate surface area is 96.8 Å². The molecule has 3 heteroatoms. The molecule has 0 radical (unpaired) electrons. The van der Waals surface area contributed by atoms with Gasteiger partial charge in [-0.15, -0.1) is 0 Å². The van der Waals surface area contributed by atoms with Crippen molar-refractivity contribution < 1.29 is 9.90 Å². The lowest BCUT2D eigenvalue weighted by Gasteiger charge is -2.28. The molecule has 0 spiro atoms. The van der Waals surface area contributed by atoms with E-state index in [2.05, 4.69) is 6.92 Å². The molecule has 2 atom stereocenters. The normalized spacial score (nSPS) is 26.5. The van der Waals surface area contributed by atoms with E-state index in [1.54, 1.807) is 0 Å². The lowest BCUT2D eigenvalue weighted by molar-refractivity contribution is -0.145. The maximum absolute atomic E-state index is 11.0. The molecule has 1 N–H and O–H groups in total. The van der Waals surface area contributed by atoms with E-state index in [1.807, 2.05) is 11.8 Å². The summed E-state index contributed by atoms with van der Waals surface area (Å²) in [7, 11) is 0. The van der Waals surface area contributed by atoms with E-state index in [9.17, 15) is 4.79 Å². The van der Waals surface area contributed by atoms with Crippen LogP contribution in [0.3, 0.4) is 0 Å². The number of carboxylic acids is 1. The van der Waals surface area contributed by atoms with Gasteiger partial charge in [0.25, 0.3) is 0 Å². The van der Waals surface area contributed by atoms with E-state index in [4.69, 9.17) is 5.11 Å². The van der Waals surface area contributed by atoms with Crippen molar-refractivity contribution in [2.24, 2.45) is 11.8 Å². The van der Waals surface area contributed by atoms with Crippen LogP contribution in [0.2, 0.25) is 0 Å². The zero-order valence-corrected chi connectivity index (χ0v) is 10.4. The van der Waals surface area contributed by atoms with Gasteiger partial charge in [-0.25, -0.2) is 0 Å². The van der Waals surface area contributed by atoms with Crippen LogP contribution in [-0.4, -0.2) is 22.6 Å². The van der Waals surface area contributed by atoms with Crippen LogP contribution in [0.1, 0.15) is 45.4 Å². The average molecular weight is 230 g/mol. The lowest BCUT2D eigenvalue weighted by Crippen LogP contribution is -2.27. The zero-order valence-electron chi connectivity index (χ0n) is 9.58. The third kappa shape index (κ3) is 4.45. The molecule has 1 fully saturated rings. The Morgan fingerprint density at radius 1 is 1.40 bits per heavy atom. The summed E-state index contributed by atoms with van der Waals surface area (Å²) in [6.07, 6.45) is 6.68. The summed E-state index contributed by atoms with van der Waals surface area (Å²) in [6.45, 7) is 2.17. The van der Waals surface area contributed by atoms with Gasteiger partial charge in [-0.1, -0.05) is 19.8 Å². The third-order valence-corrected chi connectivity index (χ3v) is 4.28. The Bertz CT molecular complexity index is 194. The van der Waals surface area contributed by atoms with Gasteiger partial charge in [-0.3, -0.25) is 4.79 Å². The van der Waals surface area contributed by atoms with Gasteiger partial charge in [0, 0.05) is 0 Å². The molecule has 0 aromatic heterocycles. The molecular weight excluding hydrogens is 208 g/mol. The quantitative estimate of drug-likeness (QED) is 0.710. The molecule has 0 amide bonds. The van der Waals surface area contributed by atoms with Crippen molar-refractivity contribution in [2.45, 2.75) is 45.4 Å². The molecule has 0 aromatic carbocycles. The van der Waals surface area contributed by atoms with Crippen molar-refractivity contribution in [3.8, 4) is 0 Å². The Morgan fingerprint density at radius 2 is 2.13 bits per heavy atom. The van der Waals surface area contributed by atoms with Crippen molar-refractivity contribution in [2.75, 3.05) is 11.5 Å². The van der Waals surface area contributed by atoms with Gasteiger partial charge in [0.2, 0.25) is 0 Å². The molecule has 1 aliphatic rings. The van der Waals surface area contributed by atoms with Crippen LogP contribution in [-0.2, 0) is 4.79 Å². The molecule has 1 rings (SSSR count). The van der Waals surface area contributed by atoms with Crippen LogP contribution in [0, 0.1) is 11.8 Å². The largest absolute Gasteiger partial charge is 0.481 e. The summed E-state index contributed by atoms with van der Waals surface area (Å²) in [5.74, 6) is 2.20. The summed E-state index contributed by atoms with van der Waals surface area (Å²) in [4.78, 5) is 11.0. The fourth-order valence-electron chi connectivity index (χ4n) is 2.47. The molecule has 0 heterocycles. The van der Waals surface area contributed by atoms with Crippen molar-refractivity contribution in [3.63, 3.8) is 0 Å². The average Bonchev–Trinajstić information content (AvgIpc) is 2.25. The summed E-state index contributed by atoms with van der Waals surface area (Å²) in [5.41, 5.74) is 0. The number of rotatable bonds is 6. The molecule has 0 bridgehead atoms. The van der Waals surface area contributed by atoms with Crippen molar-refractivity contribution >= 4 is 17.7 Å². The highest BCUT2D eigenvalue weighted by Crippen LogP contribution is 2.33. The van der Waals surface area contributed by atoms with Gasteiger partial charge in [0.1, 0.15) is 0 Å².